The maximum atomic E-state index is 13.0. The Balaban J connectivity index is 1.65. The maximum Gasteiger partial charge on any atom is 0.269 e. The van der Waals surface area contributed by atoms with E-state index in [9.17, 15) is 19.7 Å². The number of likely N-dealkylation sites (tertiary alicyclic amines) is 1. The van der Waals surface area contributed by atoms with Crippen LogP contribution in [0.2, 0.25) is 0 Å². The Labute approximate surface area is 138 Å². The zero-order valence-electron chi connectivity index (χ0n) is 13.5. The second-order valence-electron chi connectivity index (χ2n) is 7.22. The first kappa shape index (κ1) is 15.3. The minimum atomic E-state index is -0.812. The molecule has 2 bridgehead atoms. The SMILES string of the molecule is C[C@@]12C(=O)N(Cc3ccc([N+](=O)[O-])cc3)C(=O)[C@]1(C)[C@H]1CC[C@@H]2O1. The number of amides is 2. The van der Waals surface area contributed by atoms with Crippen LogP contribution in [-0.4, -0.2) is 33.8 Å². The van der Waals surface area contributed by atoms with Gasteiger partial charge in [0.05, 0.1) is 34.5 Å². The summed E-state index contributed by atoms with van der Waals surface area (Å²) >= 11 is 0. The molecule has 3 heterocycles. The third-order valence-corrected chi connectivity index (χ3v) is 6.25. The number of nitrogens with zero attached hydrogens (tertiary/aromatic N) is 2. The van der Waals surface area contributed by atoms with Crippen molar-refractivity contribution in [1.82, 2.24) is 4.90 Å². The molecule has 0 saturated carbocycles. The number of fused-ring (bicyclic) bond motifs is 5. The molecule has 7 nitrogen and oxygen atoms in total. The average molecular weight is 330 g/mol. The van der Waals surface area contributed by atoms with E-state index in [1.807, 2.05) is 13.8 Å². The quantitative estimate of drug-likeness (QED) is 0.480. The number of rotatable bonds is 3. The molecular weight excluding hydrogens is 312 g/mol. The minimum absolute atomic E-state index is 0.0138. The van der Waals surface area contributed by atoms with Crippen LogP contribution in [0.25, 0.3) is 0 Å². The molecule has 3 aliphatic rings. The van der Waals surface area contributed by atoms with E-state index >= 15 is 0 Å². The van der Waals surface area contributed by atoms with E-state index in [-0.39, 0.29) is 36.3 Å². The Morgan fingerprint density at radius 1 is 1.12 bits per heavy atom. The van der Waals surface area contributed by atoms with Crippen molar-refractivity contribution in [3.05, 3.63) is 39.9 Å². The van der Waals surface area contributed by atoms with Crippen molar-refractivity contribution in [2.24, 2.45) is 10.8 Å². The van der Waals surface area contributed by atoms with Crippen LogP contribution in [0, 0.1) is 20.9 Å². The molecule has 24 heavy (non-hydrogen) atoms. The standard InChI is InChI=1S/C17H18N2O5/c1-16-12-7-8-13(24-12)17(16,2)15(21)18(14(16)20)9-10-3-5-11(6-4-10)19(22)23/h3-6,12-13H,7-9H2,1-2H3/t12-,13+,16+,17-. The number of ether oxygens (including phenoxy) is 1. The molecule has 3 fully saturated rings. The van der Waals surface area contributed by atoms with Crippen molar-refractivity contribution >= 4 is 17.5 Å². The highest BCUT2D eigenvalue weighted by atomic mass is 16.6. The first-order valence-corrected chi connectivity index (χ1v) is 8.05. The van der Waals surface area contributed by atoms with Gasteiger partial charge in [0.2, 0.25) is 11.8 Å². The van der Waals surface area contributed by atoms with Crippen LogP contribution in [0.15, 0.2) is 24.3 Å². The number of hydrogen-bond acceptors (Lipinski definition) is 5. The number of nitro groups is 1. The van der Waals surface area contributed by atoms with Crippen molar-refractivity contribution in [3.63, 3.8) is 0 Å². The summed E-state index contributed by atoms with van der Waals surface area (Å²) in [6.45, 7) is 3.82. The molecule has 1 aromatic rings. The largest absolute Gasteiger partial charge is 0.373 e. The zero-order chi connectivity index (χ0) is 17.3. The lowest BCUT2D eigenvalue weighted by Gasteiger charge is -2.36. The molecule has 0 spiro atoms. The highest BCUT2D eigenvalue weighted by Crippen LogP contribution is 2.64. The third kappa shape index (κ3) is 1.60. The molecule has 7 heteroatoms. The lowest BCUT2D eigenvalue weighted by molar-refractivity contribution is -0.384. The van der Waals surface area contributed by atoms with Gasteiger partial charge in [0.15, 0.2) is 0 Å². The Morgan fingerprint density at radius 3 is 2.08 bits per heavy atom. The summed E-state index contributed by atoms with van der Waals surface area (Å²) in [6, 6.07) is 5.94. The van der Waals surface area contributed by atoms with Crippen LogP contribution < -0.4 is 0 Å². The number of carbonyl (C=O) groups is 2. The number of nitro benzene ring substituents is 1. The van der Waals surface area contributed by atoms with Gasteiger partial charge in [0.25, 0.3) is 5.69 Å². The predicted molar refractivity (Wildman–Crippen MR) is 82.8 cm³/mol. The van der Waals surface area contributed by atoms with E-state index in [0.29, 0.717) is 5.56 Å². The summed E-state index contributed by atoms with van der Waals surface area (Å²) in [7, 11) is 0. The molecule has 2 amide bonds. The molecule has 0 radical (unpaired) electrons. The summed E-state index contributed by atoms with van der Waals surface area (Å²) in [5.74, 6) is -0.388. The van der Waals surface area contributed by atoms with Gasteiger partial charge in [0, 0.05) is 12.1 Å². The van der Waals surface area contributed by atoms with E-state index < -0.39 is 15.8 Å². The summed E-state index contributed by atoms with van der Waals surface area (Å²) in [6.07, 6.45) is 1.21. The monoisotopic (exact) mass is 330 g/mol. The van der Waals surface area contributed by atoms with E-state index in [0.717, 1.165) is 12.8 Å². The number of non-ortho nitro benzene ring substituents is 1. The van der Waals surface area contributed by atoms with Crippen LogP contribution in [-0.2, 0) is 20.9 Å². The average Bonchev–Trinajstić information content (AvgIpc) is 3.17. The van der Waals surface area contributed by atoms with Gasteiger partial charge in [0.1, 0.15) is 0 Å². The Morgan fingerprint density at radius 2 is 1.62 bits per heavy atom. The molecule has 0 N–H and O–H groups in total. The van der Waals surface area contributed by atoms with Gasteiger partial charge >= 0.3 is 0 Å². The number of carbonyl (C=O) groups excluding carboxylic acids is 2. The molecule has 4 atom stereocenters. The second kappa shape index (κ2) is 4.63. The smallest absolute Gasteiger partial charge is 0.269 e. The minimum Gasteiger partial charge on any atom is -0.373 e. The second-order valence-corrected chi connectivity index (χ2v) is 7.22. The van der Waals surface area contributed by atoms with E-state index in [1.54, 1.807) is 12.1 Å². The van der Waals surface area contributed by atoms with Crippen molar-refractivity contribution < 1.29 is 19.2 Å². The Bertz CT molecular complexity index is 727. The van der Waals surface area contributed by atoms with Gasteiger partial charge in [-0.2, -0.15) is 0 Å². The van der Waals surface area contributed by atoms with Crippen LogP contribution in [0.5, 0.6) is 0 Å². The van der Waals surface area contributed by atoms with Crippen LogP contribution >= 0.6 is 0 Å². The molecular formula is C17H18N2O5. The van der Waals surface area contributed by atoms with Crippen molar-refractivity contribution in [3.8, 4) is 0 Å². The van der Waals surface area contributed by atoms with Crippen molar-refractivity contribution in [2.45, 2.75) is 45.4 Å². The van der Waals surface area contributed by atoms with Crippen molar-refractivity contribution in [1.29, 1.82) is 0 Å². The normalized spacial score (nSPS) is 37.2. The fourth-order valence-corrected chi connectivity index (χ4v) is 4.58. The molecule has 1 aromatic carbocycles. The molecule has 3 saturated heterocycles. The maximum absolute atomic E-state index is 13.0. The third-order valence-electron chi connectivity index (χ3n) is 6.25. The Kier molecular flexibility index (Phi) is 2.94. The van der Waals surface area contributed by atoms with E-state index in [4.69, 9.17) is 4.74 Å². The van der Waals surface area contributed by atoms with Gasteiger partial charge < -0.3 is 4.74 Å². The summed E-state index contributed by atoms with van der Waals surface area (Å²) < 4.78 is 5.88. The van der Waals surface area contributed by atoms with Crippen LogP contribution in [0.1, 0.15) is 32.3 Å². The first-order valence-electron chi connectivity index (χ1n) is 8.05. The summed E-state index contributed by atoms with van der Waals surface area (Å²) in [4.78, 5) is 37.6. The zero-order valence-corrected chi connectivity index (χ0v) is 13.5. The first-order chi connectivity index (χ1) is 11.3. The molecule has 0 aliphatic carbocycles. The highest BCUT2D eigenvalue weighted by molar-refractivity contribution is 6.10. The van der Waals surface area contributed by atoms with Crippen LogP contribution in [0.3, 0.4) is 0 Å². The van der Waals surface area contributed by atoms with Gasteiger partial charge in [-0.1, -0.05) is 12.1 Å². The highest BCUT2D eigenvalue weighted by Gasteiger charge is 2.76. The molecule has 0 aromatic heterocycles. The number of hydrogen-bond donors (Lipinski definition) is 0. The van der Waals surface area contributed by atoms with Gasteiger partial charge in [-0.15, -0.1) is 0 Å². The number of imide groups is 1. The molecule has 4 rings (SSSR count). The van der Waals surface area contributed by atoms with Gasteiger partial charge in [-0.05, 0) is 32.3 Å². The summed E-state index contributed by atoms with van der Waals surface area (Å²) in [5.41, 5.74) is -0.940. The van der Waals surface area contributed by atoms with Crippen LogP contribution in [0.4, 0.5) is 5.69 Å². The lowest BCUT2D eigenvalue weighted by atomic mass is 9.59. The Hall–Kier alpha value is -2.28. The van der Waals surface area contributed by atoms with Crippen molar-refractivity contribution in [2.75, 3.05) is 0 Å². The topological polar surface area (TPSA) is 89.8 Å². The van der Waals surface area contributed by atoms with Gasteiger partial charge in [-0.25, -0.2) is 0 Å². The lowest BCUT2D eigenvalue weighted by Crippen LogP contribution is -2.48. The number of benzene rings is 1. The predicted octanol–water partition coefficient (Wildman–Crippen LogP) is 2.04. The fraction of sp³-hybridized carbons (Fsp3) is 0.529. The fourth-order valence-electron chi connectivity index (χ4n) is 4.58. The van der Waals surface area contributed by atoms with Gasteiger partial charge in [-0.3, -0.25) is 24.6 Å². The molecule has 126 valence electrons. The molecule has 0 unspecified atom stereocenters. The van der Waals surface area contributed by atoms with E-state index in [1.165, 1.54) is 17.0 Å². The molecule has 3 aliphatic heterocycles. The van der Waals surface area contributed by atoms with E-state index in [2.05, 4.69) is 0 Å². The summed E-state index contributed by atoms with van der Waals surface area (Å²) in [5, 5.41) is 10.7.